The van der Waals surface area contributed by atoms with E-state index < -0.39 is 0 Å². The van der Waals surface area contributed by atoms with Crippen LogP contribution in [0.5, 0.6) is 0 Å². The summed E-state index contributed by atoms with van der Waals surface area (Å²) in [5.74, 6) is 6.32. The molecule has 2 aliphatic carbocycles. The van der Waals surface area contributed by atoms with Gasteiger partial charge in [-0.1, -0.05) is 147 Å². The van der Waals surface area contributed by atoms with Gasteiger partial charge in [-0.25, -0.2) is 0 Å². The molecular formula is C45H39N3. The monoisotopic (exact) mass is 621 g/mol. The smallest absolute Gasteiger partial charge is 0.0490 e. The van der Waals surface area contributed by atoms with Crippen LogP contribution in [0.4, 0.5) is 0 Å². The van der Waals surface area contributed by atoms with Crippen molar-refractivity contribution in [3.63, 3.8) is 0 Å². The molecule has 3 nitrogen and oxygen atoms in total. The molecule has 0 amide bonds. The van der Waals surface area contributed by atoms with Crippen molar-refractivity contribution in [2.24, 2.45) is 5.84 Å². The zero-order chi connectivity index (χ0) is 32.7. The second-order valence-electron chi connectivity index (χ2n) is 13.4. The summed E-state index contributed by atoms with van der Waals surface area (Å²) in [4.78, 5) is 3.30. The Morgan fingerprint density at radius 3 is 2.19 bits per heavy atom. The summed E-state index contributed by atoms with van der Waals surface area (Å²) >= 11 is 0. The number of rotatable bonds is 8. The second-order valence-corrected chi connectivity index (χ2v) is 13.4. The number of hydrazine groups is 1. The molecule has 0 aliphatic heterocycles. The third-order valence-corrected chi connectivity index (χ3v) is 10.2. The Kier molecular flexibility index (Phi) is 7.55. The van der Waals surface area contributed by atoms with E-state index >= 15 is 0 Å². The molecule has 2 aliphatic rings. The maximum Gasteiger partial charge on any atom is 0.0490 e. The molecule has 1 atom stereocenters. The van der Waals surface area contributed by atoms with E-state index in [1.807, 2.05) is 12.3 Å². The van der Waals surface area contributed by atoms with Crippen molar-refractivity contribution in [2.75, 3.05) is 0 Å². The molecule has 8 rings (SSSR count). The average Bonchev–Trinajstić information content (AvgIpc) is 3.90. The number of allylic oxidation sites excluding steroid dienone is 5. The van der Waals surface area contributed by atoms with Crippen molar-refractivity contribution in [3.8, 4) is 33.5 Å². The van der Waals surface area contributed by atoms with E-state index in [4.69, 9.17) is 5.84 Å². The Bertz CT molecular complexity index is 2200. The van der Waals surface area contributed by atoms with E-state index in [-0.39, 0.29) is 11.3 Å². The lowest BCUT2D eigenvalue weighted by molar-refractivity contribution is 0.659. The van der Waals surface area contributed by atoms with Gasteiger partial charge in [0.15, 0.2) is 0 Å². The van der Waals surface area contributed by atoms with E-state index in [1.165, 1.54) is 66.8 Å². The Balaban J connectivity index is 1.16. The van der Waals surface area contributed by atoms with Gasteiger partial charge in [0, 0.05) is 35.3 Å². The summed E-state index contributed by atoms with van der Waals surface area (Å²) in [5.41, 5.74) is 20.3. The number of H-pyrrole nitrogens is 1. The van der Waals surface area contributed by atoms with Crippen LogP contribution in [-0.2, 0) is 5.41 Å². The van der Waals surface area contributed by atoms with Gasteiger partial charge in [0.1, 0.15) is 0 Å². The Hall–Kier alpha value is -5.64. The SMILES string of the molecule is CC1(C)c2ccccc2-c2ccc(C(/C=C(\NN)C3=CC=C(c4ccc(-c5ccc[nH]5)cc4)C3)c3cccc(-c4ccccc4)c3)cc21. The molecule has 1 unspecified atom stereocenters. The summed E-state index contributed by atoms with van der Waals surface area (Å²) in [6.45, 7) is 4.69. The van der Waals surface area contributed by atoms with Gasteiger partial charge < -0.3 is 10.4 Å². The van der Waals surface area contributed by atoms with Crippen LogP contribution in [0.1, 0.15) is 54.0 Å². The van der Waals surface area contributed by atoms with Crippen LogP contribution in [0, 0.1) is 0 Å². The number of fused-ring (bicyclic) bond motifs is 3. The molecule has 3 heteroatoms. The Morgan fingerprint density at radius 2 is 1.40 bits per heavy atom. The van der Waals surface area contributed by atoms with Gasteiger partial charge in [0.05, 0.1) is 0 Å². The first-order valence-corrected chi connectivity index (χ1v) is 16.7. The first kappa shape index (κ1) is 29.7. The summed E-state index contributed by atoms with van der Waals surface area (Å²) in [6, 6.07) is 48.3. The molecule has 0 radical (unpaired) electrons. The van der Waals surface area contributed by atoms with Crippen LogP contribution >= 0.6 is 0 Å². The average molecular weight is 622 g/mol. The fourth-order valence-electron chi connectivity index (χ4n) is 7.54. The van der Waals surface area contributed by atoms with E-state index in [2.05, 4.69) is 170 Å². The maximum absolute atomic E-state index is 6.34. The molecular weight excluding hydrogens is 583 g/mol. The first-order valence-electron chi connectivity index (χ1n) is 16.7. The lowest BCUT2D eigenvalue weighted by Gasteiger charge is -2.24. The second kappa shape index (κ2) is 12.2. The predicted octanol–water partition coefficient (Wildman–Crippen LogP) is 10.5. The van der Waals surface area contributed by atoms with Crippen LogP contribution in [0.15, 0.2) is 169 Å². The number of hydrogen-bond acceptors (Lipinski definition) is 2. The predicted molar refractivity (Wildman–Crippen MR) is 200 cm³/mol. The minimum atomic E-state index is -0.0831. The zero-order valence-corrected chi connectivity index (χ0v) is 27.4. The molecule has 0 fully saturated rings. The summed E-state index contributed by atoms with van der Waals surface area (Å²) in [7, 11) is 0. The number of nitrogens with one attached hydrogen (secondary N) is 2. The lowest BCUT2D eigenvalue weighted by Crippen LogP contribution is -2.23. The van der Waals surface area contributed by atoms with Crippen LogP contribution in [0.3, 0.4) is 0 Å². The summed E-state index contributed by atoms with van der Waals surface area (Å²) in [5, 5.41) is 0. The van der Waals surface area contributed by atoms with Crippen LogP contribution in [0.25, 0.3) is 39.1 Å². The largest absolute Gasteiger partial charge is 0.361 e. The van der Waals surface area contributed by atoms with Crippen molar-refractivity contribution in [1.29, 1.82) is 0 Å². The van der Waals surface area contributed by atoms with Gasteiger partial charge in [-0.3, -0.25) is 5.84 Å². The highest BCUT2D eigenvalue weighted by Crippen LogP contribution is 2.49. The first-order chi connectivity index (χ1) is 23.5. The fourth-order valence-corrected chi connectivity index (χ4v) is 7.54. The molecule has 0 spiro atoms. The zero-order valence-electron chi connectivity index (χ0n) is 27.4. The molecule has 0 saturated heterocycles. The van der Waals surface area contributed by atoms with E-state index in [9.17, 15) is 0 Å². The van der Waals surface area contributed by atoms with Crippen molar-refractivity contribution in [1.82, 2.24) is 10.4 Å². The summed E-state index contributed by atoms with van der Waals surface area (Å²) < 4.78 is 0. The molecule has 234 valence electrons. The van der Waals surface area contributed by atoms with E-state index in [0.717, 1.165) is 17.8 Å². The number of aromatic amines is 1. The molecule has 0 bridgehead atoms. The van der Waals surface area contributed by atoms with Crippen molar-refractivity contribution >= 4 is 5.57 Å². The number of hydrogen-bond donors (Lipinski definition) is 3. The van der Waals surface area contributed by atoms with Gasteiger partial charge in [0.25, 0.3) is 0 Å². The normalized spacial score (nSPS) is 15.4. The van der Waals surface area contributed by atoms with Crippen LogP contribution in [-0.4, -0.2) is 4.98 Å². The minimum absolute atomic E-state index is 0.0189. The minimum Gasteiger partial charge on any atom is -0.361 e. The van der Waals surface area contributed by atoms with Crippen molar-refractivity contribution < 1.29 is 0 Å². The fraction of sp³-hybridized carbons (Fsp3) is 0.111. The highest BCUT2D eigenvalue weighted by molar-refractivity contribution is 5.81. The van der Waals surface area contributed by atoms with Crippen LogP contribution in [0.2, 0.25) is 0 Å². The van der Waals surface area contributed by atoms with E-state index in [1.54, 1.807) is 0 Å². The maximum atomic E-state index is 6.34. The van der Waals surface area contributed by atoms with Gasteiger partial charge in [-0.15, -0.1) is 0 Å². The summed E-state index contributed by atoms with van der Waals surface area (Å²) in [6.07, 6.45) is 9.52. The Labute approximate surface area is 283 Å². The van der Waals surface area contributed by atoms with Crippen LogP contribution < -0.4 is 11.3 Å². The molecule has 1 aromatic heterocycles. The molecule has 0 saturated carbocycles. The van der Waals surface area contributed by atoms with Crippen molar-refractivity contribution in [3.05, 3.63) is 197 Å². The number of nitrogens with two attached hydrogens (primary N) is 1. The van der Waals surface area contributed by atoms with Gasteiger partial charge in [-0.05, 0) is 85.0 Å². The van der Waals surface area contributed by atoms with Gasteiger partial charge >= 0.3 is 0 Å². The standard InChI is InChI=1S/C45H39N3/c1-45(2)41-15-7-6-14-38(41)39-24-23-36(28-42(39)45)40(35-13-8-12-33(26-35)30-10-4-3-5-11-30)29-44(48-46)37-22-21-34(27-37)31-17-19-32(20-18-31)43-16-9-25-47-43/h3-26,28-29,40,47-48H,27,46H2,1-2H3/b44-29-. The molecule has 5 aromatic carbocycles. The lowest BCUT2D eigenvalue weighted by atomic mass is 9.80. The molecule has 48 heavy (non-hydrogen) atoms. The highest BCUT2D eigenvalue weighted by atomic mass is 15.2. The van der Waals surface area contributed by atoms with E-state index in [0.29, 0.717) is 0 Å². The van der Waals surface area contributed by atoms with Crippen molar-refractivity contribution in [2.45, 2.75) is 31.6 Å². The number of benzene rings is 5. The van der Waals surface area contributed by atoms with Gasteiger partial charge in [0.2, 0.25) is 0 Å². The molecule has 6 aromatic rings. The third kappa shape index (κ3) is 5.33. The molecule has 4 N–H and O–H groups in total. The third-order valence-electron chi connectivity index (χ3n) is 10.2. The quantitative estimate of drug-likeness (QED) is 0.117. The molecule has 1 heterocycles. The highest BCUT2D eigenvalue weighted by Gasteiger charge is 2.35. The number of aromatic nitrogens is 1. The Morgan fingerprint density at radius 1 is 0.667 bits per heavy atom. The van der Waals surface area contributed by atoms with Gasteiger partial charge in [-0.2, -0.15) is 0 Å². The topological polar surface area (TPSA) is 53.8 Å².